The number of imidazole rings is 1. The van der Waals surface area contributed by atoms with Gasteiger partial charge in [0, 0.05) is 12.4 Å². The van der Waals surface area contributed by atoms with Crippen molar-refractivity contribution < 1.29 is 4.79 Å². The van der Waals surface area contributed by atoms with Crippen molar-refractivity contribution in [3.05, 3.63) is 58.7 Å². The predicted molar refractivity (Wildman–Crippen MR) is 102 cm³/mol. The monoisotopic (exact) mass is 368 g/mol. The minimum atomic E-state index is -0.0462. The van der Waals surface area contributed by atoms with Crippen LogP contribution in [0.3, 0.4) is 0 Å². The van der Waals surface area contributed by atoms with Gasteiger partial charge in [0.15, 0.2) is 0 Å². The topological polar surface area (TPSA) is 59.8 Å². The molecular weight excluding hydrogens is 352 g/mol. The summed E-state index contributed by atoms with van der Waals surface area (Å²) in [6, 6.07) is 12.0. The van der Waals surface area contributed by atoms with E-state index in [1.54, 1.807) is 22.7 Å². The van der Waals surface area contributed by atoms with Crippen LogP contribution in [-0.2, 0) is 24.8 Å². The largest absolute Gasteiger partial charge is 0.349 e. The number of nitrogens with zero attached hydrogens (tertiary/aromatic N) is 3. The number of para-hydroxylation sites is 2. The van der Waals surface area contributed by atoms with Gasteiger partial charge in [-0.1, -0.05) is 18.2 Å². The Hall–Kier alpha value is -2.51. The van der Waals surface area contributed by atoms with Crippen LogP contribution in [-0.4, -0.2) is 20.4 Å². The standard InChI is InChI=1S/C18H16N4OS2/c1-22-14-6-3-2-5-13(14)21-16(22)10-19-17(23)9-12-11-25-18(20-12)15-7-4-8-24-15/h2-8,11H,9-10H2,1H3,(H,19,23). The van der Waals surface area contributed by atoms with Crippen LogP contribution >= 0.6 is 22.7 Å². The highest BCUT2D eigenvalue weighted by Gasteiger charge is 2.11. The van der Waals surface area contributed by atoms with Gasteiger partial charge in [0.05, 0.1) is 34.6 Å². The lowest BCUT2D eigenvalue weighted by Gasteiger charge is -2.04. The van der Waals surface area contributed by atoms with E-state index in [-0.39, 0.29) is 12.3 Å². The number of aryl methyl sites for hydroxylation is 1. The highest BCUT2D eigenvalue weighted by molar-refractivity contribution is 7.20. The molecule has 5 nitrogen and oxygen atoms in total. The first-order chi connectivity index (χ1) is 12.2. The summed E-state index contributed by atoms with van der Waals surface area (Å²) in [4.78, 5) is 22.5. The zero-order valence-corrected chi connectivity index (χ0v) is 15.2. The highest BCUT2D eigenvalue weighted by atomic mass is 32.1. The Morgan fingerprint density at radius 2 is 2.04 bits per heavy atom. The third-order valence-electron chi connectivity index (χ3n) is 3.95. The zero-order valence-electron chi connectivity index (χ0n) is 13.6. The quantitative estimate of drug-likeness (QED) is 0.585. The van der Waals surface area contributed by atoms with E-state index in [0.717, 1.165) is 32.4 Å². The van der Waals surface area contributed by atoms with Crippen molar-refractivity contribution in [2.75, 3.05) is 0 Å². The van der Waals surface area contributed by atoms with E-state index in [9.17, 15) is 4.79 Å². The van der Waals surface area contributed by atoms with Gasteiger partial charge in [-0.15, -0.1) is 22.7 Å². The second kappa shape index (κ2) is 6.78. The molecule has 0 fully saturated rings. The number of carbonyl (C=O) groups excluding carboxylic acids is 1. The molecule has 0 atom stereocenters. The summed E-state index contributed by atoms with van der Waals surface area (Å²) in [7, 11) is 1.96. The average Bonchev–Trinajstić information content (AvgIpc) is 3.34. The third kappa shape index (κ3) is 3.33. The Morgan fingerprint density at radius 3 is 2.84 bits per heavy atom. The van der Waals surface area contributed by atoms with Gasteiger partial charge in [-0.25, -0.2) is 9.97 Å². The lowest BCUT2D eigenvalue weighted by Crippen LogP contribution is -2.26. The van der Waals surface area contributed by atoms with Gasteiger partial charge in [0.2, 0.25) is 5.91 Å². The Bertz CT molecular complexity index is 1020. The molecule has 0 bridgehead atoms. The van der Waals surface area contributed by atoms with Crippen molar-refractivity contribution >= 4 is 39.6 Å². The maximum atomic E-state index is 12.2. The number of rotatable bonds is 5. The molecule has 0 saturated heterocycles. The van der Waals surface area contributed by atoms with E-state index in [2.05, 4.69) is 15.3 Å². The lowest BCUT2D eigenvalue weighted by atomic mass is 10.3. The first-order valence-electron chi connectivity index (χ1n) is 7.86. The van der Waals surface area contributed by atoms with Gasteiger partial charge in [0.1, 0.15) is 10.8 Å². The van der Waals surface area contributed by atoms with E-state index in [1.165, 1.54) is 0 Å². The molecule has 0 aliphatic heterocycles. The summed E-state index contributed by atoms with van der Waals surface area (Å²) in [5.74, 6) is 0.794. The maximum Gasteiger partial charge on any atom is 0.226 e. The van der Waals surface area contributed by atoms with E-state index in [4.69, 9.17) is 0 Å². The van der Waals surface area contributed by atoms with Gasteiger partial charge in [-0.05, 0) is 23.6 Å². The second-order valence-corrected chi connectivity index (χ2v) is 7.46. The number of hydrogen-bond donors (Lipinski definition) is 1. The fourth-order valence-corrected chi connectivity index (χ4v) is 4.29. The molecular formula is C18H16N4OS2. The Balaban J connectivity index is 1.40. The van der Waals surface area contributed by atoms with Gasteiger partial charge in [-0.3, -0.25) is 4.79 Å². The van der Waals surface area contributed by atoms with Crippen molar-refractivity contribution in [3.8, 4) is 9.88 Å². The first kappa shape index (κ1) is 16.0. The van der Waals surface area contributed by atoms with Crippen molar-refractivity contribution in [1.29, 1.82) is 0 Å². The molecule has 25 heavy (non-hydrogen) atoms. The molecule has 0 aliphatic rings. The van der Waals surface area contributed by atoms with Crippen LogP contribution in [0, 0.1) is 0 Å². The fraction of sp³-hybridized carbons (Fsp3) is 0.167. The zero-order chi connectivity index (χ0) is 17.2. The van der Waals surface area contributed by atoms with E-state index in [0.29, 0.717) is 6.54 Å². The number of benzene rings is 1. The molecule has 0 radical (unpaired) electrons. The molecule has 126 valence electrons. The number of carbonyl (C=O) groups is 1. The number of hydrogen-bond acceptors (Lipinski definition) is 5. The summed E-state index contributed by atoms with van der Waals surface area (Å²) in [6.45, 7) is 0.409. The number of nitrogens with one attached hydrogen (secondary N) is 1. The average molecular weight is 368 g/mol. The lowest BCUT2D eigenvalue weighted by molar-refractivity contribution is -0.120. The molecule has 0 aliphatic carbocycles. The van der Waals surface area contributed by atoms with Crippen molar-refractivity contribution in [3.63, 3.8) is 0 Å². The van der Waals surface area contributed by atoms with Crippen LogP contribution in [0.1, 0.15) is 11.5 Å². The Morgan fingerprint density at radius 1 is 1.16 bits per heavy atom. The smallest absolute Gasteiger partial charge is 0.226 e. The molecule has 1 aromatic carbocycles. The van der Waals surface area contributed by atoms with Crippen LogP contribution in [0.5, 0.6) is 0 Å². The third-order valence-corrected chi connectivity index (χ3v) is 5.88. The Labute approximate surface area is 153 Å². The van der Waals surface area contributed by atoms with E-state index < -0.39 is 0 Å². The molecule has 4 rings (SSSR count). The van der Waals surface area contributed by atoms with Gasteiger partial charge >= 0.3 is 0 Å². The fourth-order valence-electron chi connectivity index (χ4n) is 2.66. The normalized spacial score (nSPS) is 11.1. The minimum absolute atomic E-state index is 0.0462. The van der Waals surface area contributed by atoms with Crippen molar-refractivity contribution in [2.24, 2.45) is 7.05 Å². The molecule has 3 heterocycles. The van der Waals surface area contributed by atoms with Crippen LogP contribution in [0.4, 0.5) is 0 Å². The number of thiophene rings is 1. The molecule has 7 heteroatoms. The summed E-state index contributed by atoms with van der Waals surface area (Å²) in [6.07, 6.45) is 0.284. The van der Waals surface area contributed by atoms with Gasteiger partial charge in [-0.2, -0.15) is 0 Å². The molecule has 0 spiro atoms. The minimum Gasteiger partial charge on any atom is -0.349 e. The molecule has 0 saturated carbocycles. The second-order valence-electron chi connectivity index (χ2n) is 5.65. The number of aromatic nitrogens is 3. The van der Waals surface area contributed by atoms with Crippen LogP contribution < -0.4 is 5.32 Å². The SMILES string of the molecule is Cn1c(CNC(=O)Cc2csc(-c3cccs3)n2)nc2ccccc21. The highest BCUT2D eigenvalue weighted by Crippen LogP contribution is 2.27. The number of amides is 1. The number of fused-ring (bicyclic) bond motifs is 1. The van der Waals surface area contributed by atoms with Crippen LogP contribution in [0.2, 0.25) is 0 Å². The predicted octanol–water partition coefficient (Wildman–Crippen LogP) is 3.62. The van der Waals surface area contributed by atoms with Crippen molar-refractivity contribution in [1.82, 2.24) is 19.9 Å². The first-order valence-corrected chi connectivity index (χ1v) is 9.62. The summed E-state index contributed by atoms with van der Waals surface area (Å²) < 4.78 is 2.01. The van der Waals surface area contributed by atoms with Crippen LogP contribution in [0.15, 0.2) is 47.2 Å². The molecule has 3 aromatic heterocycles. The van der Waals surface area contributed by atoms with Crippen LogP contribution in [0.25, 0.3) is 20.9 Å². The van der Waals surface area contributed by atoms with Gasteiger partial charge in [0.25, 0.3) is 0 Å². The maximum absolute atomic E-state index is 12.2. The molecule has 0 unspecified atom stereocenters. The van der Waals surface area contributed by atoms with E-state index >= 15 is 0 Å². The summed E-state index contributed by atoms with van der Waals surface area (Å²) in [5.41, 5.74) is 2.80. The van der Waals surface area contributed by atoms with Gasteiger partial charge < -0.3 is 9.88 Å². The molecule has 1 N–H and O–H groups in total. The Kier molecular flexibility index (Phi) is 4.33. The summed E-state index contributed by atoms with van der Waals surface area (Å²) in [5, 5.41) is 7.88. The van der Waals surface area contributed by atoms with Crippen molar-refractivity contribution in [2.45, 2.75) is 13.0 Å². The van der Waals surface area contributed by atoms with E-state index in [1.807, 2.05) is 58.8 Å². The number of thiazole rings is 1. The molecule has 1 amide bonds. The molecule has 4 aromatic rings. The summed E-state index contributed by atoms with van der Waals surface area (Å²) >= 11 is 3.23.